The summed E-state index contributed by atoms with van der Waals surface area (Å²) in [5.41, 5.74) is 2.82. The van der Waals surface area contributed by atoms with E-state index in [2.05, 4.69) is 46.9 Å². The summed E-state index contributed by atoms with van der Waals surface area (Å²) in [7, 11) is 0. The van der Waals surface area contributed by atoms with Crippen molar-refractivity contribution in [3.8, 4) is 0 Å². The third-order valence-electron chi connectivity index (χ3n) is 3.83. The van der Waals surface area contributed by atoms with Crippen LogP contribution in [0.1, 0.15) is 18.9 Å². The van der Waals surface area contributed by atoms with Crippen molar-refractivity contribution < 1.29 is 4.74 Å². The molecule has 1 aromatic carbocycles. The fraction of sp³-hybridized carbons (Fsp3) is 0.500. The molecule has 1 saturated heterocycles. The van der Waals surface area contributed by atoms with E-state index >= 15 is 0 Å². The van der Waals surface area contributed by atoms with Gasteiger partial charge in [0.25, 0.3) is 0 Å². The standard InChI is InChI=1S/C16H22N2O/c1-2-7-18-13-14(12-17-8-10-19-11-9-17)15-5-3-4-6-16(15)18/h3-6,13H,2,7-12H2,1H3. The third kappa shape index (κ3) is 2.67. The first-order valence-electron chi connectivity index (χ1n) is 7.25. The molecule has 0 atom stereocenters. The summed E-state index contributed by atoms with van der Waals surface area (Å²) >= 11 is 0. The van der Waals surface area contributed by atoms with Crippen LogP contribution in [0.2, 0.25) is 0 Å². The van der Waals surface area contributed by atoms with E-state index in [1.165, 1.54) is 22.9 Å². The quantitative estimate of drug-likeness (QED) is 0.839. The zero-order chi connectivity index (χ0) is 13.1. The number of para-hydroxylation sites is 1. The summed E-state index contributed by atoms with van der Waals surface area (Å²) < 4.78 is 7.82. The van der Waals surface area contributed by atoms with Crippen LogP contribution in [-0.4, -0.2) is 35.8 Å². The fourth-order valence-corrected chi connectivity index (χ4v) is 2.87. The zero-order valence-electron chi connectivity index (χ0n) is 11.6. The number of nitrogens with zero attached hydrogens (tertiary/aromatic N) is 2. The van der Waals surface area contributed by atoms with Crippen molar-refractivity contribution in [1.29, 1.82) is 0 Å². The molecular weight excluding hydrogens is 236 g/mol. The molecule has 2 heterocycles. The molecule has 0 N–H and O–H groups in total. The monoisotopic (exact) mass is 258 g/mol. The molecule has 0 bridgehead atoms. The van der Waals surface area contributed by atoms with Crippen molar-refractivity contribution in [2.45, 2.75) is 26.4 Å². The lowest BCUT2D eigenvalue weighted by molar-refractivity contribution is 0.0343. The lowest BCUT2D eigenvalue weighted by atomic mass is 10.1. The van der Waals surface area contributed by atoms with Gasteiger partial charge in [-0.1, -0.05) is 25.1 Å². The summed E-state index contributed by atoms with van der Waals surface area (Å²) in [6, 6.07) is 8.75. The van der Waals surface area contributed by atoms with E-state index in [1.807, 2.05) is 0 Å². The Bertz CT molecular complexity index is 541. The molecule has 0 unspecified atom stereocenters. The van der Waals surface area contributed by atoms with Crippen LogP contribution in [0, 0.1) is 0 Å². The summed E-state index contributed by atoms with van der Waals surface area (Å²) in [6.45, 7) is 8.21. The maximum absolute atomic E-state index is 5.42. The highest BCUT2D eigenvalue weighted by molar-refractivity contribution is 5.83. The van der Waals surface area contributed by atoms with Gasteiger partial charge < -0.3 is 9.30 Å². The van der Waals surface area contributed by atoms with Gasteiger partial charge >= 0.3 is 0 Å². The van der Waals surface area contributed by atoms with Gasteiger partial charge in [0.15, 0.2) is 0 Å². The minimum Gasteiger partial charge on any atom is -0.379 e. The number of hydrogen-bond acceptors (Lipinski definition) is 2. The van der Waals surface area contributed by atoms with E-state index < -0.39 is 0 Å². The van der Waals surface area contributed by atoms with Gasteiger partial charge in [-0.2, -0.15) is 0 Å². The molecule has 3 heteroatoms. The number of morpholine rings is 1. The Kier molecular flexibility index (Phi) is 3.85. The van der Waals surface area contributed by atoms with Gasteiger partial charge in [-0.05, 0) is 18.1 Å². The molecule has 0 spiro atoms. The normalized spacial score (nSPS) is 17.1. The highest BCUT2D eigenvalue weighted by Gasteiger charge is 2.14. The van der Waals surface area contributed by atoms with Gasteiger partial charge in [-0.3, -0.25) is 4.90 Å². The van der Waals surface area contributed by atoms with Crippen LogP contribution in [0.15, 0.2) is 30.5 Å². The predicted molar refractivity (Wildman–Crippen MR) is 78.3 cm³/mol. The maximum Gasteiger partial charge on any atom is 0.0594 e. The first kappa shape index (κ1) is 12.7. The Morgan fingerprint density at radius 2 is 1.95 bits per heavy atom. The highest BCUT2D eigenvalue weighted by Crippen LogP contribution is 2.23. The van der Waals surface area contributed by atoms with Crippen LogP contribution in [0.25, 0.3) is 10.9 Å². The van der Waals surface area contributed by atoms with Crippen LogP contribution < -0.4 is 0 Å². The second-order valence-corrected chi connectivity index (χ2v) is 5.25. The first-order valence-corrected chi connectivity index (χ1v) is 7.25. The number of hydrogen-bond donors (Lipinski definition) is 0. The minimum absolute atomic E-state index is 0.869. The second-order valence-electron chi connectivity index (χ2n) is 5.25. The Balaban J connectivity index is 1.89. The van der Waals surface area contributed by atoms with Crippen LogP contribution in [0.5, 0.6) is 0 Å². The molecule has 0 radical (unpaired) electrons. The number of rotatable bonds is 4. The van der Waals surface area contributed by atoms with Crippen molar-refractivity contribution in [3.05, 3.63) is 36.0 Å². The molecule has 3 rings (SSSR count). The van der Waals surface area contributed by atoms with Crippen molar-refractivity contribution >= 4 is 10.9 Å². The molecule has 1 aromatic heterocycles. The number of benzene rings is 1. The smallest absolute Gasteiger partial charge is 0.0594 e. The van der Waals surface area contributed by atoms with Crippen LogP contribution in [0.3, 0.4) is 0 Å². The van der Waals surface area contributed by atoms with Gasteiger partial charge in [0.2, 0.25) is 0 Å². The van der Waals surface area contributed by atoms with Crippen LogP contribution in [0.4, 0.5) is 0 Å². The van der Waals surface area contributed by atoms with Crippen molar-refractivity contribution in [2.24, 2.45) is 0 Å². The molecule has 0 aliphatic carbocycles. The molecule has 1 aliphatic rings. The molecule has 102 valence electrons. The van der Waals surface area contributed by atoms with E-state index in [1.54, 1.807) is 0 Å². The molecule has 0 amide bonds. The molecule has 2 aromatic rings. The van der Waals surface area contributed by atoms with E-state index in [-0.39, 0.29) is 0 Å². The van der Waals surface area contributed by atoms with E-state index in [0.717, 1.165) is 39.4 Å². The number of ether oxygens (including phenoxy) is 1. The Hall–Kier alpha value is -1.32. The predicted octanol–water partition coefficient (Wildman–Crippen LogP) is 2.88. The molecule has 3 nitrogen and oxygen atoms in total. The van der Waals surface area contributed by atoms with Crippen LogP contribution >= 0.6 is 0 Å². The highest BCUT2D eigenvalue weighted by atomic mass is 16.5. The lowest BCUT2D eigenvalue weighted by Gasteiger charge is -2.26. The summed E-state index contributed by atoms with van der Waals surface area (Å²) in [5.74, 6) is 0. The van der Waals surface area contributed by atoms with Crippen LogP contribution in [-0.2, 0) is 17.8 Å². The van der Waals surface area contributed by atoms with E-state index in [4.69, 9.17) is 4.74 Å². The summed E-state index contributed by atoms with van der Waals surface area (Å²) in [4.78, 5) is 2.49. The maximum atomic E-state index is 5.42. The number of aromatic nitrogens is 1. The van der Waals surface area contributed by atoms with E-state index in [0.29, 0.717) is 0 Å². The van der Waals surface area contributed by atoms with Crippen molar-refractivity contribution in [2.75, 3.05) is 26.3 Å². The van der Waals surface area contributed by atoms with Gasteiger partial charge in [-0.25, -0.2) is 0 Å². The average molecular weight is 258 g/mol. The van der Waals surface area contributed by atoms with Gasteiger partial charge in [0, 0.05) is 43.3 Å². The average Bonchev–Trinajstić information content (AvgIpc) is 2.79. The van der Waals surface area contributed by atoms with Gasteiger partial charge in [0.1, 0.15) is 0 Å². The zero-order valence-corrected chi connectivity index (χ0v) is 11.6. The summed E-state index contributed by atoms with van der Waals surface area (Å²) in [6.07, 6.45) is 3.51. The van der Waals surface area contributed by atoms with Crippen molar-refractivity contribution in [1.82, 2.24) is 9.47 Å². The summed E-state index contributed by atoms with van der Waals surface area (Å²) in [5, 5.41) is 1.41. The lowest BCUT2D eigenvalue weighted by Crippen LogP contribution is -2.35. The first-order chi connectivity index (χ1) is 9.38. The Morgan fingerprint density at radius 1 is 1.16 bits per heavy atom. The van der Waals surface area contributed by atoms with Gasteiger partial charge in [0.05, 0.1) is 13.2 Å². The Morgan fingerprint density at radius 3 is 2.74 bits per heavy atom. The molecule has 19 heavy (non-hydrogen) atoms. The second kappa shape index (κ2) is 5.76. The largest absolute Gasteiger partial charge is 0.379 e. The molecule has 1 fully saturated rings. The number of fused-ring (bicyclic) bond motifs is 1. The van der Waals surface area contributed by atoms with Crippen molar-refractivity contribution in [3.63, 3.8) is 0 Å². The Labute approximate surface area is 114 Å². The molecule has 1 aliphatic heterocycles. The molecular formula is C16H22N2O. The number of aryl methyl sites for hydroxylation is 1. The fourth-order valence-electron chi connectivity index (χ4n) is 2.87. The van der Waals surface area contributed by atoms with E-state index in [9.17, 15) is 0 Å². The van der Waals surface area contributed by atoms with Gasteiger partial charge in [-0.15, -0.1) is 0 Å². The minimum atomic E-state index is 0.869. The topological polar surface area (TPSA) is 17.4 Å². The third-order valence-corrected chi connectivity index (χ3v) is 3.83. The SMILES string of the molecule is CCCn1cc(CN2CCOCC2)c2ccccc21. The molecule has 0 saturated carbocycles.